The molecule has 1 amide bonds. The van der Waals surface area contributed by atoms with Gasteiger partial charge in [-0.15, -0.1) is 0 Å². The van der Waals surface area contributed by atoms with E-state index in [1.54, 1.807) is 6.20 Å². The Bertz CT molecular complexity index is 835. The second kappa shape index (κ2) is 8.23. The second-order valence-corrected chi connectivity index (χ2v) is 9.00. The third-order valence-electron chi connectivity index (χ3n) is 7.08. The number of rotatable bonds is 6. The summed E-state index contributed by atoms with van der Waals surface area (Å²) in [5.74, 6) is 3.05. The van der Waals surface area contributed by atoms with Crippen molar-refractivity contribution in [2.24, 2.45) is 29.6 Å². The molecule has 1 aromatic rings. The average molecular weight is 393 g/mol. The molecule has 29 heavy (non-hydrogen) atoms. The summed E-state index contributed by atoms with van der Waals surface area (Å²) in [6, 6.07) is 3.97. The van der Waals surface area contributed by atoms with E-state index >= 15 is 0 Å². The minimum atomic E-state index is 0.231. The van der Waals surface area contributed by atoms with Crippen molar-refractivity contribution in [3.05, 3.63) is 42.2 Å². The highest BCUT2D eigenvalue weighted by atomic mass is 16.2. The van der Waals surface area contributed by atoms with Crippen molar-refractivity contribution in [3.8, 4) is 0 Å². The lowest BCUT2D eigenvalue weighted by atomic mass is 9.82. The smallest absolute Gasteiger partial charge is 0.222 e. The first-order valence-corrected chi connectivity index (χ1v) is 10.8. The van der Waals surface area contributed by atoms with Gasteiger partial charge in [-0.2, -0.15) is 0 Å². The molecule has 0 bridgehead atoms. The standard InChI is InChI=1S/C24H32N4O/c1-4-17(10-25)24-19(6-5-7-27-24)16(3)18-8-15(2)13-28(14-18)23(29)9-20-21-11-26-12-22(20)21/h4-7,10,15,18,20-22,25-26H,3,8-9,11-14H2,1-2H3/b17-4-,25-10?/t15-,18+,20-,21-,22+/m1/s1. The van der Waals surface area contributed by atoms with Crippen LogP contribution in [0.15, 0.2) is 31.0 Å². The number of aromatic nitrogens is 1. The molecule has 1 saturated carbocycles. The summed E-state index contributed by atoms with van der Waals surface area (Å²) in [4.78, 5) is 19.6. The monoisotopic (exact) mass is 392 g/mol. The lowest BCUT2D eigenvalue weighted by molar-refractivity contribution is -0.134. The summed E-state index contributed by atoms with van der Waals surface area (Å²) in [5.41, 5.74) is 3.64. The molecule has 5 nitrogen and oxygen atoms in total. The number of fused-ring (bicyclic) bond motifs is 1. The Morgan fingerprint density at radius 3 is 2.83 bits per heavy atom. The number of amides is 1. The normalized spacial score (nSPS) is 31.3. The number of allylic oxidation sites excluding steroid dienone is 2. The molecule has 0 radical (unpaired) electrons. The molecule has 1 aromatic heterocycles. The highest BCUT2D eigenvalue weighted by Crippen LogP contribution is 2.51. The van der Waals surface area contributed by atoms with E-state index in [4.69, 9.17) is 5.41 Å². The van der Waals surface area contributed by atoms with Crippen molar-refractivity contribution in [2.45, 2.75) is 26.7 Å². The molecular weight excluding hydrogens is 360 g/mol. The van der Waals surface area contributed by atoms with Gasteiger partial charge < -0.3 is 15.6 Å². The molecule has 0 unspecified atom stereocenters. The number of carbonyl (C=O) groups excluding carboxylic acids is 1. The fourth-order valence-corrected chi connectivity index (χ4v) is 5.39. The Morgan fingerprint density at radius 1 is 1.38 bits per heavy atom. The highest BCUT2D eigenvalue weighted by molar-refractivity contribution is 6.09. The van der Waals surface area contributed by atoms with Crippen LogP contribution in [0, 0.1) is 35.0 Å². The highest BCUT2D eigenvalue weighted by Gasteiger charge is 2.53. The number of likely N-dealkylation sites (tertiary alicyclic amines) is 1. The predicted octanol–water partition coefficient (Wildman–Crippen LogP) is 3.49. The Balaban J connectivity index is 1.48. The van der Waals surface area contributed by atoms with E-state index in [0.717, 1.165) is 66.8 Å². The van der Waals surface area contributed by atoms with Crippen LogP contribution in [0.25, 0.3) is 11.1 Å². The van der Waals surface area contributed by atoms with Crippen LogP contribution in [0.1, 0.15) is 37.9 Å². The fourth-order valence-electron chi connectivity index (χ4n) is 5.39. The number of pyridine rings is 1. The third-order valence-corrected chi connectivity index (χ3v) is 7.08. The van der Waals surface area contributed by atoms with Gasteiger partial charge in [-0.1, -0.05) is 25.6 Å². The van der Waals surface area contributed by atoms with Crippen LogP contribution in [0.2, 0.25) is 0 Å². The molecule has 4 rings (SSSR count). The number of hydrogen-bond donors (Lipinski definition) is 2. The lowest BCUT2D eigenvalue weighted by Crippen LogP contribution is -2.44. The van der Waals surface area contributed by atoms with Gasteiger partial charge in [0.2, 0.25) is 5.91 Å². The second-order valence-electron chi connectivity index (χ2n) is 9.00. The molecule has 0 aromatic carbocycles. The maximum atomic E-state index is 13.0. The summed E-state index contributed by atoms with van der Waals surface area (Å²) < 4.78 is 0. The number of piperidine rings is 2. The van der Waals surface area contributed by atoms with Crippen LogP contribution in [0.5, 0.6) is 0 Å². The summed E-state index contributed by atoms with van der Waals surface area (Å²) in [7, 11) is 0. The molecule has 3 heterocycles. The van der Waals surface area contributed by atoms with Crippen LogP contribution < -0.4 is 5.32 Å². The predicted molar refractivity (Wildman–Crippen MR) is 118 cm³/mol. The zero-order chi connectivity index (χ0) is 20.5. The molecule has 154 valence electrons. The summed E-state index contributed by atoms with van der Waals surface area (Å²) in [5, 5.41) is 11.1. The molecule has 0 spiro atoms. The van der Waals surface area contributed by atoms with Crippen molar-refractivity contribution < 1.29 is 4.79 Å². The molecule has 2 aliphatic heterocycles. The Hall–Kier alpha value is -2.27. The van der Waals surface area contributed by atoms with E-state index in [9.17, 15) is 4.79 Å². The maximum absolute atomic E-state index is 13.0. The molecule has 5 atom stereocenters. The lowest BCUT2D eigenvalue weighted by Gasteiger charge is -2.38. The maximum Gasteiger partial charge on any atom is 0.222 e. The van der Waals surface area contributed by atoms with Gasteiger partial charge in [-0.05, 0) is 61.7 Å². The quantitative estimate of drug-likeness (QED) is 0.728. The number of hydrogen-bond acceptors (Lipinski definition) is 4. The van der Waals surface area contributed by atoms with Gasteiger partial charge in [-0.25, -0.2) is 0 Å². The minimum Gasteiger partial charge on any atom is -0.342 e. The topological polar surface area (TPSA) is 69.1 Å². The third kappa shape index (κ3) is 3.93. The Morgan fingerprint density at radius 2 is 2.14 bits per heavy atom. The van der Waals surface area contributed by atoms with Crippen LogP contribution in [0.3, 0.4) is 0 Å². The molecule has 5 heteroatoms. The largest absolute Gasteiger partial charge is 0.342 e. The molecule has 2 N–H and O–H groups in total. The van der Waals surface area contributed by atoms with E-state index in [1.165, 1.54) is 6.21 Å². The van der Waals surface area contributed by atoms with Crippen LogP contribution >= 0.6 is 0 Å². The zero-order valence-electron chi connectivity index (χ0n) is 17.5. The first-order valence-electron chi connectivity index (χ1n) is 10.8. The molecular formula is C24H32N4O. The summed E-state index contributed by atoms with van der Waals surface area (Å²) >= 11 is 0. The average Bonchev–Trinajstić information content (AvgIpc) is 3.13. The first kappa shape index (κ1) is 20.0. The number of nitrogens with one attached hydrogen (secondary N) is 2. The van der Waals surface area contributed by atoms with Gasteiger partial charge in [0.1, 0.15) is 0 Å². The first-order chi connectivity index (χ1) is 14.0. The van der Waals surface area contributed by atoms with Crippen LogP contribution in [-0.2, 0) is 4.79 Å². The van der Waals surface area contributed by atoms with Crippen molar-refractivity contribution in [1.82, 2.24) is 15.2 Å². The molecule has 2 saturated heterocycles. The molecule has 3 fully saturated rings. The van der Waals surface area contributed by atoms with Gasteiger partial charge in [0, 0.05) is 49.0 Å². The van der Waals surface area contributed by atoms with Gasteiger partial charge in [0.05, 0.1) is 5.69 Å². The van der Waals surface area contributed by atoms with E-state index in [0.29, 0.717) is 24.2 Å². The summed E-state index contributed by atoms with van der Waals surface area (Å²) in [6.45, 7) is 12.3. The van der Waals surface area contributed by atoms with Crippen LogP contribution in [-0.4, -0.2) is 48.2 Å². The number of nitrogens with zero attached hydrogens (tertiary/aromatic N) is 2. The van der Waals surface area contributed by atoms with E-state index in [-0.39, 0.29) is 5.92 Å². The molecule has 3 aliphatic rings. The number of carbonyl (C=O) groups is 1. The summed E-state index contributed by atoms with van der Waals surface area (Å²) in [6.07, 6.45) is 6.76. The van der Waals surface area contributed by atoms with E-state index in [1.807, 2.05) is 25.1 Å². The van der Waals surface area contributed by atoms with Gasteiger partial charge in [0.25, 0.3) is 0 Å². The van der Waals surface area contributed by atoms with Crippen molar-refractivity contribution >= 4 is 23.3 Å². The Labute approximate surface area is 173 Å². The minimum absolute atomic E-state index is 0.231. The van der Waals surface area contributed by atoms with Crippen molar-refractivity contribution in [2.75, 3.05) is 26.2 Å². The van der Waals surface area contributed by atoms with Crippen molar-refractivity contribution in [1.29, 1.82) is 5.41 Å². The fraction of sp³-hybridized carbons (Fsp3) is 0.542. The van der Waals surface area contributed by atoms with Crippen molar-refractivity contribution in [3.63, 3.8) is 0 Å². The van der Waals surface area contributed by atoms with Gasteiger partial charge in [-0.3, -0.25) is 9.78 Å². The molecule has 1 aliphatic carbocycles. The zero-order valence-corrected chi connectivity index (χ0v) is 17.5. The van der Waals surface area contributed by atoms with E-state index in [2.05, 4.69) is 28.7 Å². The Kier molecular flexibility index (Phi) is 5.68. The van der Waals surface area contributed by atoms with Crippen LogP contribution in [0.4, 0.5) is 0 Å². The SMILES string of the molecule is C=C(c1cccnc1/C(C=N)=C\C)[C@H]1C[C@@H](C)CN(C(=O)C[C@H]2[C@@H]3CNC[C@@H]32)C1. The van der Waals surface area contributed by atoms with Gasteiger partial charge >= 0.3 is 0 Å². The van der Waals surface area contributed by atoms with E-state index < -0.39 is 0 Å². The van der Waals surface area contributed by atoms with Gasteiger partial charge in [0.15, 0.2) is 0 Å².